The molecule has 0 spiro atoms. The van der Waals surface area contributed by atoms with E-state index in [1.54, 1.807) is 6.08 Å². The third kappa shape index (κ3) is 3.73. The Morgan fingerprint density at radius 1 is 1.38 bits per heavy atom. The van der Waals surface area contributed by atoms with Gasteiger partial charge in [0, 0.05) is 26.0 Å². The molecule has 1 atom stereocenters. The van der Waals surface area contributed by atoms with Gasteiger partial charge >= 0.3 is 0 Å². The van der Waals surface area contributed by atoms with Gasteiger partial charge in [0.1, 0.15) is 6.10 Å². The van der Waals surface area contributed by atoms with Gasteiger partial charge in [-0.2, -0.15) is 5.10 Å². The van der Waals surface area contributed by atoms with Gasteiger partial charge in [-0.3, -0.25) is 4.68 Å². The molecule has 3 rings (SSSR count). The fraction of sp³-hybridized carbons (Fsp3) is 0.688. The molecule has 1 aromatic heterocycles. The first kappa shape index (κ1) is 14.8. The van der Waals surface area contributed by atoms with Gasteiger partial charge in [-0.1, -0.05) is 6.08 Å². The molecule has 0 radical (unpaired) electrons. The van der Waals surface area contributed by atoms with Crippen LogP contribution in [0.25, 0.3) is 0 Å². The van der Waals surface area contributed by atoms with Gasteiger partial charge in [0.25, 0.3) is 0 Å². The lowest BCUT2D eigenvalue weighted by Gasteiger charge is -2.22. The first-order valence-corrected chi connectivity index (χ1v) is 7.81. The van der Waals surface area contributed by atoms with Crippen LogP contribution in [-0.2, 0) is 27.2 Å². The minimum atomic E-state index is -0.0374. The van der Waals surface area contributed by atoms with Crippen LogP contribution in [0.5, 0.6) is 0 Å². The molecule has 5 nitrogen and oxygen atoms in total. The van der Waals surface area contributed by atoms with E-state index in [1.165, 1.54) is 5.56 Å². The number of rotatable bonds is 6. The van der Waals surface area contributed by atoms with Crippen molar-refractivity contribution in [2.75, 3.05) is 33.0 Å². The quantitative estimate of drug-likeness (QED) is 0.595. The van der Waals surface area contributed by atoms with Crippen LogP contribution in [0.4, 0.5) is 0 Å². The summed E-state index contributed by atoms with van der Waals surface area (Å²) in [6, 6.07) is 0. The summed E-state index contributed by atoms with van der Waals surface area (Å²) >= 11 is 0. The Kier molecular flexibility index (Phi) is 5.06. The third-order valence-electron chi connectivity index (χ3n) is 4.16. The molecule has 1 unspecified atom stereocenters. The molecule has 116 valence electrons. The first-order valence-electron chi connectivity index (χ1n) is 7.81. The molecule has 1 aromatic rings. The first-order chi connectivity index (χ1) is 10.4. The maximum absolute atomic E-state index is 5.80. The lowest BCUT2D eigenvalue weighted by atomic mass is 10.0. The zero-order valence-electron chi connectivity index (χ0n) is 12.5. The van der Waals surface area contributed by atoms with Crippen LogP contribution in [0.3, 0.4) is 0 Å². The maximum atomic E-state index is 5.80. The van der Waals surface area contributed by atoms with Crippen molar-refractivity contribution in [1.29, 1.82) is 0 Å². The second-order valence-corrected chi connectivity index (χ2v) is 5.75. The molecule has 0 saturated carbocycles. The predicted molar refractivity (Wildman–Crippen MR) is 79.2 cm³/mol. The van der Waals surface area contributed by atoms with Gasteiger partial charge in [-0.05, 0) is 30.7 Å². The van der Waals surface area contributed by atoms with Crippen LogP contribution < -0.4 is 0 Å². The molecule has 0 amide bonds. The van der Waals surface area contributed by atoms with Crippen molar-refractivity contribution in [2.45, 2.75) is 31.9 Å². The monoisotopic (exact) mass is 292 g/mol. The van der Waals surface area contributed by atoms with E-state index in [4.69, 9.17) is 19.3 Å². The van der Waals surface area contributed by atoms with E-state index < -0.39 is 0 Å². The minimum absolute atomic E-state index is 0.0374. The molecular formula is C16H24N2O3. The summed E-state index contributed by atoms with van der Waals surface area (Å²) in [4.78, 5) is 0. The van der Waals surface area contributed by atoms with Crippen LogP contribution in [0.1, 0.15) is 30.2 Å². The lowest BCUT2D eigenvalue weighted by Crippen LogP contribution is -2.21. The lowest BCUT2D eigenvalue weighted by molar-refractivity contribution is -0.0212. The van der Waals surface area contributed by atoms with E-state index in [0.29, 0.717) is 19.1 Å². The molecule has 21 heavy (non-hydrogen) atoms. The maximum Gasteiger partial charge on any atom is 0.125 e. The average molecular weight is 292 g/mol. The predicted octanol–water partition coefficient (Wildman–Crippen LogP) is 2.13. The molecule has 0 aliphatic carbocycles. The summed E-state index contributed by atoms with van der Waals surface area (Å²) in [5, 5.41) is 4.75. The Bertz CT molecular complexity index is 466. The van der Waals surface area contributed by atoms with Gasteiger partial charge in [0.05, 0.1) is 25.5 Å². The zero-order chi connectivity index (χ0) is 14.5. The molecule has 1 saturated heterocycles. The summed E-state index contributed by atoms with van der Waals surface area (Å²) in [6.07, 6.45) is 7.12. The molecule has 0 N–H and O–H groups in total. The standard InChI is InChI=1S/C16H24N2O3/c1-2-6-20-12-15-16-14(5-9-21-15)11-18(17-16)10-13-3-7-19-8-4-13/h2,11,13,15H,1,3-10,12H2. The summed E-state index contributed by atoms with van der Waals surface area (Å²) in [7, 11) is 0. The summed E-state index contributed by atoms with van der Waals surface area (Å²) in [5.74, 6) is 0.677. The SMILES string of the molecule is C=CCOCC1OCCc2cn(CC3CCOCC3)nc21. The van der Waals surface area contributed by atoms with E-state index in [9.17, 15) is 0 Å². The van der Waals surface area contributed by atoms with Crippen LogP contribution in [0.15, 0.2) is 18.9 Å². The highest BCUT2D eigenvalue weighted by atomic mass is 16.5. The Morgan fingerprint density at radius 3 is 3.05 bits per heavy atom. The van der Waals surface area contributed by atoms with E-state index in [0.717, 1.165) is 51.3 Å². The van der Waals surface area contributed by atoms with E-state index in [2.05, 4.69) is 17.5 Å². The van der Waals surface area contributed by atoms with Crippen molar-refractivity contribution in [3.8, 4) is 0 Å². The molecule has 0 bridgehead atoms. The summed E-state index contributed by atoms with van der Waals surface area (Å²) in [5.41, 5.74) is 2.36. The minimum Gasteiger partial charge on any atom is -0.381 e. The summed E-state index contributed by atoms with van der Waals surface area (Å²) < 4.78 is 18.8. The Hall–Kier alpha value is -1.17. The van der Waals surface area contributed by atoms with Crippen LogP contribution in [-0.4, -0.2) is 42.8 Å². The fourth-order valence-electron chi connectivity index (χ4n) is 3.00. The highest BCUT2D eigenvalue weighted by Gasteiger charge is 2.25. The van der Waals surface area contributed by atoms with Crippen molar-refractivity contribution >= 4 is 0 Å². The second kappa shape index (κ2) is 7.20. The zero-order valence-corrected chi connectivity index (χ0v) is 12.5. The van der Waals surface area contributed by atoms with Crippen molar-refractivity contribution in [3.05, 3.63) is 30.1 Å². The Labute approximate surface area is 125 Å². The number of hydrogen-bond acceptors (Lipinski definition) is 4. The van der Waals surface area contributed by atoms with E-state index in [1.807, 2.05) is 0 Å². The number of hydrogen-bond donors (Lipinski definition) is 0. The van der Waals surface area contributed by atoms with Crippen molar-refractivity contribution in [2.24, 2.45) is 5.92 Å². The van der Waals surface area contributed by atoms with Crippen LogP contribution in [0, 0.1) is 5.92 Å². The molecule has 2 aliphatic heterocycles. The molecule has 5 heteroatoms. The van der Waals surface area contributed by atoms with E-state index in [-0.39, 0.29) is 6.10 Å². The van der Waals surface area contributed by atoms with Gasteiger partial charge in [-0.15, -0.1) is 6.58 Å². The highest BCUT2D eigenvalue weighted by molar-refractivity contribution is 5.22. The van der Waals surface area contributed by atoms with E-state index >= 15 is 0 Å². The van der Waals surface area contributed by atoms with Gasteiger partial charge in [0.2, 0.25) is 0 Å². The van der Waals surface area contributed by atoms with Crippen molar-refractivity contribution in [3.63, 3.8) is 0 Å². The number of ether oxygens (including phenoxy) is 3. The van der Waals surface area contributed by atoms with Crippen LogP contribution >= 0.6 is 0 Å². The second-order valence-electron chi connectivity index (χ2n) is 5.75. The Morgan fingerprint density at radius 2 is 2.24 bits per heavy atom. The smallest absolute Gasteiger partial charge is 0.125 e. The molecular weight excluding hydrogens is 268 g/mol. The Balaban J connectivity index is 1.63. The molecule has 3 heterocycles. The van der Waals surface area contributed by atoms with Crippen molar-refractivity contribution in [1.82, 2.24) is 9.78 Å². The third-order valence-corrected chi connectivity index (χ3v) is 4.16. The fourth-order valence-corrected chi connectivity index (χ4v) is 3.00. The normalized spacial score (nSPS) is 23.0. The number of nitrogens with zero attached hydrogens (tertiary/aromatic N) is 2. The average Bonchev–Trinajstić information content (AvgIpc) is 2.92. The molecule has 1 fully saturated rings. The largest absolute Gasteiger partial charge is 0.381 e. The number of aromatic nitrogens is 2. The van der Waals surface area contributed by atoms with Crippen molar-refractivity contribution < 1.29 is 14.2 Å². The van der Waals surface area contributed by atoms with Gasteiger partial charge in [-0.25, -0.2) is 0 Å². The van der Waals surface area contributed by atoms with Gasteiger partial charge in [0.15, 0.2) is 0 Å². The van der Waals surface area contributed by atoms with Gasteiger partial charge < -0.3 is 14.2 Å². The number of fused-ring (bicyclic) bond motifs is 1. The summed E-state index contributed by atoms with van der Waals surface area (Å²) in [6.45, 7) is 8.26. The molecule has 0 aromatic carbocycles. The topological polar surface area (TPSA) is 45.5 Å². The highest BCUT2D eigenvalue weighted by Crippen LogP contribution is 2.27. The molecule has 2 aliphatic rings. The van der Waals surface area contributed by atoms with Crippen LogP contribution in [0.2, 0.25) is 0 Å².